The number of hydrogen-bond acceptors (Lipinski definition) is 8. The molecule has 11 nitrogen and oxygen atoms in total. The van der Waals surface area contributed by atoms with E-state index in [0.717, 1.165) is 55.7 Å². The second-order valence-electron chi connectivity index (χ2n) is 9.79. The normalized spacial score (nSPS) is 17.5. The lowest BCUT2D eigenvalue weighted by molar-refractivity contribution is 0.145. The number of aliphatic hydroxyl groups is 1. The first kappa shape index (κ1) is 27.1. The van der Waals surface area contributed by atoms with E-state index in [9.17, 15) is 18.3 Å². The van der Waals surface area contributed by atoms with E-state index >= 15 is 0 Å². The highest BCUT2D eigenvalue weighted by Crippen LogP contribution is 2.36. The first-order valence-electron chi connectivity index (χ1n) is 12.6. The third-order valence-electron chi connectivity index (χ3n) is 6.98. The molecule has 0 radical (unpaired) electrons. The number of aryl methyl sites for hydroxylation is 1. The van der Waals surface area contributed by atoms with Gasteiger partial charge in [0, 0.05) is 37.8 Å². The Morgan fingerprint density at radius 2 is 1.76 bits per heavy atom. The van der Waals surface area contributed by atoms with Gasteiger partial charge in [0.15, 0.2) is 5.65 Å². The van der Waals surface area contributed by atoms with Crippen molar-refractivity contribution in [3.8, 4) is 17.1 Å². The first-order valence-corrected chi connectivity index (χ1v) is 14.4. The molecule has 3 heterocycles. The van der Waals surface area contributed by atoms with Crippen molar-refractivity contribution in [2.24, 2.45) is 7.05 Å². The fourth-order valence-electron chi connectivity index (χ4n) is 5.17. The summed E-state index contributed by atoms with van der Waals surface area (Å²) in [6.45, 7) is 1.62. The Morgan fingerprint density at radius 3 is 2.38 bits per heavy atom. The lowest BCUT2D eigenvalue weighted by Crippen LogP contribution is -2.35. The highest BCUT2D eigenvalue weighted by Gasteiger charge is 2.25. The molecule has 1 aliphatic heterocycles. The molecule has 2 aromatic heterocycles. The van der Waals surface area contributed by atoms with Crippen LogP contribution in [0.1, 0.15) is 56.6 Å². The zero-order chi connectivity index (χ0) is 26.7. The predicted octanol–water partition coefficient (Wildman–Crippen LogP) is 2.85. The van der Waals surface area contributed by atoms with Crippen molar-refractivity contribution >= 4 is 26.8 Å². The minimum Gasteiger partial charge on any atom is -0.496 e. The van der Waals surface area contributed by atoms with Crippen LogP contribution in [0.15, 0.2) is 23.0 Å². The van der Waals surface area contributed by atoms with Gasteiger partial charge in [-0.2, -0.15) is 13.5 Å². The number of fused-ring (bicyclic) bond motifs is 1. The van der Waals surface area contributed by atoms with Crippen LogP contribution < -0.4 is 15.2 Å². The van der Waals surface area contributed by atoms with Crippen LogP contribution in [0.3, 0.4) is 0 Å². The summed E-state index contributed by atoms with van der Waals surface area (Å²) in [5.41, 5.74) is 3.14. The number of aliphatic hydroxyl groups excluding tert-OH is 1. The summed E-state index contributed by atoms with van der Waals surface area (Å²) in [4.78, 5) is 23.2. The van der Waals surface area contributed by atoms with Gasteiger partial charge in [-0.1, -0.05) is 19.3 Å². The summed E-state index contributed by atoms with van der Waals surface area (Å²) in [5, 5.41) is 15.1. The minimum atomic E-state index is -3.67. The van der Waals surface area contributed by atoms with E-state index in [4.69, 9.17) is 19.4 Å². The number of hydrogen-bond donors (Lipinski definition) is 3. The Hall–Kier alpha value is -2.96. The molecule has 0 bridgehead atoms. The van der Waals surface area contributed by atoms with Crippen molar-refractivity contribution in [3.05, 3.63) is 34.2 Å². The van der Waals surface area contributed by atoms with Crippen LogP contribution in [0.25, 0.3) is 22.4 Å². The molecule has 3 aromatic rings. The summed E-state index contributed by atoms with van der Waals surface area (Å²) < 4.78 is 33.3. The van der Waals surface area contributed by atoms with Crippen molar-refractivity contribution in [1.29, 1.82) is 0 Å². The number of benzene rings is 1. The number of aromatic nitrogens is 4. The minimum absolute atomic E-state index is 0.144. The van der Waals surface area contributed by atoms with Gasteiger partial charge in [0.05, 0.1) is 30.7 Å². The quantitative estimate of drug-likeness (QED) is 0.430. The number of ether oxygens (including phenoxy) is 1. The van der Waals surface area contributed by atoms with Crippen LogP contribution in [0.4, 0.5) is 5.69 Å². The van der Waals surface area contributed by atoms with Crippen molar-refractivity contribution in [3.63, 3.8) is 0 Å². The summed E-state index contributed by atoms with van der Waals surface area (Å²) in [7, 11) is -0.180. The van der Waals surface area contributed by atoms with E-state index in [0.29, 0.717) is 34.8 Å². The highest BCUT2D eigenvalue weighted by molar-refractivity contribution is 7.85. The van der Waals surface area contributed by atoms with Gasteiger partial charge in [-0.15, -0.1) is 0 Å². The molecule has 0 spiro atoms. The lowest BCUT2D eigenvalue weighted by atomic mass is 9.86. The number of methoxy groups -OCH3 is 1. The van der Waals surface area contributed by atoms with E-state index in [2.05, 4.69) is 9.88 Å². The van der Waals surface area contributed by atoms with Crippen LogP contribution in [-0.2, 0) is 17.2 Å². The van der Waals surface area contributed by atoms with Crippen LogP contribution in [0.5, 0.6) is 5.75 Å². The molecule has 1 saturated heterocycles. The van der Waals surface area contributed by atoms with E-state index in [1.165, 1.54) is 19.3 Å². The second-order valence-corrected chi connectivity index (χ2v) is 11.3. The predicted molar refractivity (Wildman–Crippen MR) is 142 cm³/mol. The number of H-pyrrole nitrogens is 1. The maximum atomic E-state index is 13.2. The molecule has 0 amide bonds. The molecule has 1 aromatic carbocycles. The van der Waals surface area contributed by atoms with Gasteiger partial charge in [-0.25, -0.2) is 9.67 Å². The largest absolute Gasteiger partial charge is 0.496 e. The third-order valence-corrected chi connectivity index (χ3v) is 6.98. The molecule has 5 rings (SSSR count). The summed E-state index contributed by atoms with van der Waals surface area (Å²) in [5.74, 6) is 1.47. The fourth-order valence-corrected chi connectivity index (χ4v) is 5.17. The second kappa shape index (κ2) is 11.2. The van der Waals surface area contributed by atoms with Gasteiger partial charge in [-0.05, 0) is 37.8 Å². The Bertz CT molecular complexity index is 1390. The molecule has 1 saturated carbocycles. The van der Waals surface area contributed by atoms with Gasteiger partial charge < -0.3 is 19.7 Å². The molecule has 2 aliphatic rings. The fraction of sp³-hybridized carbons (Fsp3) is 0.560. The Kier molecular flexibility index (Phi) is 8.20. The van der Waals surface area contributed by atoms with E-state index in [1.54, 1.807) is 11.8 Å². The van der Waals surface area contributed by atoms with Crippen molar-refractivity contribution < 1.29 is 22.8 Å². The van der Waals surface area contributed by atoms with Crippen molar-refractivity contribution in [2.75, 3.05) is 31.4 Å². The van der Waals surface area contributed by atoms with Crippen molar-refractivity contribution in [1.82, 2.24) is 19.7 Å². The van der Waals surface area contributed by atoms with Gasteiger partial charge in [0.25, 0.3) is 15.7 Å². The van der Waals surface area contributed by atoms with E-state index in [-0.39, 0.29) is 11.7 Å². The zero-order valence-corrected chi connectivity index (χ0v) is 22.3. The monoisotopic (exact) mass is 533 g/mol. The molecule has 3 N–H and O–H groups in total. The molecular formula is C25H35N5O6S. The number of piperidine rings is 1. The zero-order valence-electron chi connectivity index (χ0n) is 21.5. The average Bonchev–Trinajstić information content (AvgIpc) is 3.20. The van der Waals surface area contributed by atoms with Gasteiger partial charge in [0.2, 0.25) is 0 Å². The Balaban J connectivity index is 0.000000586. The number of rotatable bonds is 4. The number of nitrogens with zero attached hydrogens (tertiary/aromatic N) is 4. The van der Waals surface area contributed by atoms with Gasteiger partial charge in [-0.3, -0.25) is 9.35 Å². The molecule has 37 heavy (non-hydrogen) atoms. The molecular weight excluding hydrogens is 498 g/mol. The number of anilines is 1. The van der Waals surface area contributed by atoms with Crippen LogP contribution >= 0.6 is 0 Å². The summed E-state index contributed by atoms with van der Waals surface area (Å²) in [6, 6.07) is 5.95. The number of aromatic amines is 1. The Morgan fingerprint density at radius 1 is 1.11 bits per heavy atom. The SMILES string of the molecule is COc1cc(N2CCC(O)CC2)ccc1-c1nc2c(c(C3CCCCC3)nn2C)c(=O)[nH]1.CS(=O)(=O)O. The molecule has 0 unspecified atom stereocenters. The molecule has 0 atom stereocenters. The van der Waals surface area contributed by atoms with E-state index in [1.807, 2.05) is 25.2 Å². The standard InChI is InChI=1S/C24H31N5O3.CH4O3S/c1-28-23-20(21(27-28)15-6-4-3-5-7-15)24(31)26-22(25-23)18-9-8-16(14-19(18)32-2)29-12-10-17(30)11-13-29;1-5(2,3)4/h8-9,14-15,17,30H,3-7,10-13H2,1-2H3,(H,25,26,31);1H3,(H,2,3,4). The molecule has 1 aliphatic carbocycles. The first-order chi connectivity index (χ1) is 17.5. The molecule has 2 fully saturated rings. The number of nitrogens with one attached hydrogen (secondary N) is 1. The van der Waals surface area contributed by atoms with Gasteiger partial charge >= 0.3 is 0 Å². The van der Waals surface area contributed by atoms with Crippen LogP contribution in [0, 0.1) is 0 Å². The van der Waals surface area contributed by atoms with Crippen LogP contribution in [-0.4, -0.2) is 70.4 Å². The summed E-state index contributed by atoms with van der Waals surface area (Å²) >= 11 is 0. The summed E-state index contributed by atoms with van der Waals surface area (Å²) in [6.07, 6.45) is 7.81. The molecule has 202 valence electrons. The lowest BCUT2D eigenvalue weighted by Gasteiger charge is -2.31. The maximum absolute atomic E-state index is 13.2. The highest BCUT2D eigenvalue weighted by atomic mass is 32.2. The van der Waals surface area contributed by atoms with E-state index < -0.39 is 10.1 Å². The smallest absolute Gasteiger partial charge is 0.262 e. The third kappa shape index (κ3) is 6.49. The Labute approximate surface area is 216 Å². The topological polar surface area (TPSA) is 151 Å². The van der Waals surface area contributed by atoms with Crippen LogP contribution in [0.2, 0.25) is 0 Å². The molecule has 12 heteroatoms. The van der Waals surface area contributed by atoms with Gasteiger partial charge in [0.1, 0.15) is 17.0 Å². The average molecular weight is 534 g/mol. The maximum Gasteiger partial charge on any atom is 0.262 e. The van der Waals surface area contributed by atoms with Crippen molar-refractivity contribution in [2.45, 2.75) is 57.0 Å².